The van der Waals surface area contributed by atoms with Crippen molar-refractivity contribution >= 4 is 23.6 Å². The summed E-state index contributed by atoms with van der Waals surface area (Å²) < 4.78 is 11.1. The average Bonchev–Trinajstić information content (AvgIpc) is 2.81. The van der Waals surface area contributed by atoms with Crippen molar-refractivity contribution in [2.24, 2.45) is 0 Å². The van der Waals surface area contributed by atoms with Crippen LogP contribution in [-0.4, -0.2) is 25.5 Å². The van der Waals surface area contributed by atoms with Crippen LogP contribution in [0.25, 0.3) is 6.08 Å². The van der Waals surface area contributed by atoms with Gasteiger partial charge in [-0.2, -0.15) is 0 Å². The number of hydrogen-bond donors (Lipinski definition) is 1. The SMILES string of the molecule is COc1cccc(C=C2Oc3ccccc3N(CC(=O)NCc3ccccc3)C2=O)c1. The number of rotatable bonds is 6. The zero-order valence-electron chi connectivity index (χ0n) is 17.1. The minimum atomic E-state index is -0.378. The Morgan fingerprint density at radius 3 is 2.61 bits per heavy atom. The molecule has 2 amide bonds. The van der Waals surface area contributed by atoms with E-state index in [-0.39, 0.29) is 24.1 Å². The minimum absolute atomic E-state index is 0.110. The predicted octanol–water partition coefficient (Wildman–Crippen LogP) is 3.78. The number of benzene rings is 3. The molecule has 0 aromatic heterocycles. The minimum Gasteiger partial charge on any atom is -0.497 e. The lowest BCUT2D eigenvalue weighted by Gasteiger charge is -2.30. The first-order valence-electron chi connectivity index (χ1n) is 9.89. The summed E-state index contributed by atoms with van der Waals surface area (Å²) in [5.74, 6) is 0.705. The molecule has 1 heterocycles. The van der Waals surface area contributed by atoms with Gasteiger partial charge in [-0.1, -0.05) is 54.6 Å². The lowest BCUT2D eigenvalue weighted by atomic mass is 10.1. The maximum atomic E-state index is 13.2. The summed E-state index contributed by atoms with van der Waals surface area (Å²) >= 11 is 0. The molecule has 6 heteroatoms. The highest BCUT2D eigenvalue weighted by Gasteiger charge is 2.31. The number of amides is 2. The first-order valence-corrected chi connectivity index (χ1v) is 9.89. The van der Waals surface area contributed by atoms with Gasteiger partial charge in [-0.05, 0) is 41.5 Å². The van der Waals surface area contributed by atoms with Crippen molar-refractivity contribution < 1.29 is 19.1 Å². The number of para-hydroxylation sites is 2. The molecule has 0 fully saturated rings. The number of anilines is 1. The van der Waals surface area contributed by atoms with Crippen LogP contribution >= 0.6 is 0 Å². The molecule has 3 aromatic rings. The molecule has 0 radical (unpaired) electrons. The quantitative estimate of drug-likeness (QED) is 0.624. The molecule has 1 aliphatic rings. The topological polar surface area (TPSA) is 67.9 Å². The third-order valence-corrected chi connectivity index (χ3v) is 4.86. The number of nitrogens with one attached hydrogen (secondary N) is 1. The van der Waals surface area contributed by atoms with Gasteiger partial charge in [-0.3, -0.25) is 14.5 Å². The fourth-order valence-corrected chi connectivity index (χ4v) is 3.30. The Labute approximate surface area is 180 Å². The van der Waals surface area contributed by atoms with Gasteiger partial charge in [0.05, 0.1) is 12.8 Å². The molecule has 0 unspecified atom stereocenters. The number of carbonyl (C=O) groups excluding carboxylic acids is 2. The first kappa shape index (κ1) is 20.2. The summed E-state index contributed by atoms with van der Waals surface area (Å²) in [6, 6.07) is 24.1. The highest BCUT2D eigenvalue weighted by molar-refractivity contribution is 6.12. The van der Waals surface area contributed by atoms with E-state index in [0.29, 0.717) is 23.7 Å². The van der Waals surface area contributed by atoms with Gasteiger partial charge in [0.2, 0.25) is 5.91 Å². The zero-order chi connectivity index (χ0) is 21.6. The first-order chi connectivity index (χ1) is 15.1. The van der Waals surface area contributed by atoms with E-state index in [4.69, 9.17) is 9.47 Å². The Morgan fingerprint density at radius 1 is 1.03 bits per heavy atom. The number of nitrogens with zero attached hydrogens (tertiary/aromatic N) is 1. The normalized spacial score (nSPS) is 14.0. The molecule has 0 bridgehead atoms. The van der Waals surface area contributed by atoms with E-state index in [1.54, 1.807) is 37.5 Å². The maximum absolute atomic E-state index is 13.2. The van der Waals surface area contributed by atoms with Gasteiger partial charge in [0.1, 0.15) is 12.3 Å². The smallest absolute Gasteiger partial charge is 0.294 e. The maximum Gasteiger partial charge on any atom is 0.294 e. The highest BCUT2D eigenvalue weighted by Crippen LogP contribution is 2.35. The molecular weight excluding hydrogens is 392 g/mol. The van der Waals surface area contributed by atoms with E-state index in [9.17, 15) is 9.59 Å². The Hall–Kier alpha value is -4.06. The van der Waals surface area contributed by atoms with Crippen LogP contribution in [0.15, 0.2) is 84.6 Å². The van der Waals surface area contributed by atoms with Crippen LogP contribution in [0.5, 0.6) is 11.5 Å². The van der Waals surface area contributed by atoms with Crippen LogP contribution in [0.3, 0.4) is 0 Å². The molecule has 31 heavy (non-hydrogen) atoms. The molecule has 0 aliphatic carbocycles. The molecule has 1 aliphatic heterocycles. The third-order valence-electron chi connectivity index (χ3n) is 4.86. The Bertz CT molecular complexity index is 1130. The molecular formula is C25H22N2O4. The van der Waals surface area contributed by atoms with Crippen molar-refractivity contribution in [2.45, 2.75) is 6.54 Å². The van der Waals surface area contributed by atoms with E-state index < -0.39 is 0 Å². The van der Waals surface area contributed by atoms with Crippen LogP contribution in [0, 0.1) is 0 Å². The van der Waals surface area contributed by atoms with Gasteiger partial charge < -0.3 is 14.8 Å². The molecule has 0 atom stereocenters. The lowest BCUT2D eigenvalue weighted by molar-refractivity contribution is -0.123. The summed E-state index contributed by atoms with van der Waals surface area (Å²) in [6.07, 6.45) is 1.65. The summed E-state index contributed by atoms with van der Waals surface area (Å²) in [5.41, 5.74) is 2.31. The van der Waals surface area contributed by atoms with Crippen LogP contribution in [0.4, 0.5) is 5.69 Å². The molecule has 0 spiro atoms. The number of fused-ring (bicyclic) bond motifs is 1. The van der Waals surface area contributed by atoms with Crippen molar-refractivity contribution in [1.29, 1.82) is 0 Å². The Kier molecular flexibility index (Phi) is 5.98. The number of hydrogen-bond acceptors (Lipinski definition) is 4. The molecule has 3 aromatic carbocycles. The van der Waals surface area contributed by atoms with Gasteiger partial charge in [0.25, 0.3) is 5.91 Å². The van der Waals surface area contributed by atoms with Crippen LogP contribution in [0.2, 0.25) is 0 Å². The molecule has 6 nitrogen and oxygen atoms in total. The van der Waals surface area contributed by atoms with Gasteiger partial charge in [-0.15, -0.1) is 0 Å². The van der Waals surface area contributed by atoms with E-state index in [2.05, 4.69) is 5.32 Å². The largest absolute Gasteiger partial charge is 0.497 e. The van der Waals surface area contributed by atoms with Crippen LogP contribution in [-0.2, 0) is 16.1 Å². The summed E-state index contributed by atoms with van der Waals surface area (Å²) in [7, 11) is 1.58. The summed E-state index contributed by atoms with van der Waals surface area (Å²) in [5, 5.41) is 2.87. The Balaban J connectivity index is 1.56. The van der Waals surface area contributed by atoms with E-state index in [1.165, 1.54) is 4.90 Å². The predicted molar refractivity (Wildman–Crippen MR) is 119 cm³/mol. The van der Waals surface area contributed by atoms with Crippen LogP contribution in [0.1, 0.15) is 11.1 Å². The molecule has 0 saturated heterocycles. The number of methoxy groups -OCH3 is 1. The second-order valence-corrected chi connectivity index (χ2v) is 7.01. The Morgan fingerprint density at radius 2 is 1.81 bits per heavy atom. The van der Waals surface area contributed by atoms with Crippen molar-refractivity contribution in [3.05, 3.63) is 95.7 Å². The summed E-state index contributed by atoms with van der Waals surface area (Å²) in [6.45, 7) is 0.286. The lowest BCUT2D eigenvalue weighted by Crippen LogP contribution is -2.44. The summed E-state index contributed by atoms with van der Waals surface area (Å²) in [4.78, 5) is 27.2. The van der Waals surface area contributed by atoms with Crippen LogP contribution < -0.4 is 19.7 Å². The molecule has 156 valence electrons. The standard InChI is InChI=1S/C25H22N2O4/c1-30-20-11-7-10-19(14-20)15-23-25(29)27(21-12-5-6-13-22(21)31-23)17-24(28)26-16-18-8-3-2-4-9-18/h2-15H,16-17H2,1H3,(H,26,28). The molecule has 1 N–H and O–H groups in total. The fraction of sp³-hybridized carbons (Fsp3) is 0.120. The molecule has 0 saturated carbocycles. The van der Waals surface area contributed by atoms with Gasteiger partial charge in [0, 0.05) is 6.54 Å². The van der Waals surface area contributed by atoms with Crippen molar-refractivity contribution in [2.75, 3.05) is 18.6 Å². The van der Waals surface area contributed by atoms with Gasteiger partial charge in [-0.25, -0.2) is 0 Å². The van der Waals surface area contributed by atoms with Gasteiger partial charge in [0.15, 0.2) is 11.5 Å². The van der Waals surface area contributed by atoms with Crippen molar-refractivity contribution in [3.8, 4) is 11.5 Å². The highest BCUT2D eigenvalue weighted by atomic mass is 16.5. The van der Waals surface area contributed by atoms with E-state index >= 15 is 0 Å². The third kappa shape index (κ3) is 4.75. The fourth-order valence-electron chi connectivity index (χ4n) is 3.30. The monoisotopic (exact) mass is 414 g/mol. The second-order valence-electron chi connectivity index (χ2n) is 7.01. The average molecular weight is 414 g/mol. The second kappa shape index (κ2) is 9.17. The number of carbonyl (C=O) groups is 2. The van der Waals surface area contributed by atoms with Crippen molar-refractivity contribution in [3.63, 3.8) is 0 Å². The van der Waals surface area contributed by atoms with Gasteiger partial charge >= 0.3 is 0 Å². The number of ether oxygens (including phenoxy) is 2. The zero-order valence-corrected chi connectivity index (χ0v) is 17.1. The van der Waals surface area contributed by atoms with E-state index in [1.807, 2.05) is 54.6 Å². The molecule has 4 rings (SSSR count). The van der Waals surface area contributed by atoms with Crippen molar-refractivity contribution in [1.82, 2.24) is 5.32 Å². The van der Waals surface area contributed by atoms with E-state index in [0.717, 1.165) is 11.1 Å².